The molecule has 0 bridgehead atoms. The Balaban J connectivity index is 1.74. The second kappa shape index (κ2) is 13.6. The van der Waals surface area contributed by atoms with Crippen molar-refractivity contribution in [2.45, 2.75) is 57.2 Å². The van der Waals surface area contributed by atoms with E-state index in [1.54, 1.807) is 18.2 Å². The van der Waals surface area contributed by atoms with Crippen LogP contribution in [0.4, 0.5) is 4.39 Å². The van der Waals surface area contributed by atoms with Crippen molar-refractivity contribution < 1.29 is 33.2 Å². The largest absolute Gasteiger partial charge is 0.491 e. The van der Waals surface area contributed by atoms with Gasteiger partial charge in [0.05, 0.1) is 13.2 Å². The van der Waals surface area contributed by atoms with Crippen molar-refractivity contribution in [3.63, 3.8) is 0 Å². The van der Waals surface area contributed by atoms with E-state index in [4.69, 9.17) is 14.2 Å². The lowest BCUT2D eigenvalue weighted by atomic mass is 10.1. The number of ether oxygens (including phenoxy) is 4. The van der Waals surface area contributed by atoms with Crippen LogP contribution in [0.15, 0.2) is 60.7 Å². The van der Waals surface area contributed by atoms with Gasteiger partial charge in [-0.2, -0.15) is 0 Å². The van der Waals surface area contributed by atoms with Crippen LogP contribution >= 0.6 is 0 Å². The fraction of sp³-hybridized carbons (Fsp3) is 0.423. The molecule has 1 heterocycles. The van der Waals surface area contributed by atoms with Crippen LogP contribution in [0.3, 0.4) is 0 Å². The first-order valence-corrected chi connectivity index (χ1v) is 10.8. The highest BCUT2D eigenvalue weighted by molar-refractivity contribution is 5.68. The summed E-state index contributed by atoms with van der Waals surface area (Å²) in [7, 11) is 1.38. The molecule has 0 saturated carbocycles. The van der Waals surface area contributed by atoms with Crippen LogP contribution < -0.4 is 4.74 Å². The molecule has 3 atom stereocenters. The zero-order chi connectivity index (χ0) is 24.1. The maximum absolute atomic E-state index is 12.8. The van der Waals surface area contributed by atoms with Crippen LogP contribution in [0.2, 0.25) is 0 Å². The molecule has 1 aliphatic rings. The Bertz CT molecular complexity index is 892. The van der Waals surface area contributed by atoms with Crippen molar-refractivity contribution in [3.05, 3.63) is 66.5 Å². The van der Waals surface area contributed by atoms with E-state index in [2.05, 4.69) is 16.6 Å². The maximum atomic E-state index is 12.8. The summed E-state index contributed by atoms with van der Waals surface area (Å²) in [6.45, 7) is 3.77. The average molecular weight is 459 g/mol. The molecule has 0 radical (unpaired) electrons. The molecule has 178 valence electrons. The van der Waals surface area contributed by atoms with Crippen LogP contribution in [0.25, 0.3) is 0 Å². The van der Waals surface area contributed by atoms with Gasteiger partial charge >= 0.3 is 5.97 Å². The van der Waals surface area contributed by atoms with Crippen LogP contribution in [-0.4, -0.2) is 48.9 Å². The van der Waals surface area contributed by atoms with Gasteiger partial charge in [-0.15, -0.1) is 0 Å². The number of hydrogen-bond donors (Lipinski definition) is 1. The molecule has 0 aromatic heterocycles. The van der Waals surface area contributed by atoms with Gasteiger partial charge in [-0.3, -0.25) is 4.79 Å². The van der Waals surface area contributed by atoms with Crippen molar-refractivity contribution in [2.24, 2.45) is 0 Å². The molecule has 0 spiro atoms. The first-order valence-electron chi connectivity index (χ1n) is 10.8. The summed E-state index contributed by atoms with van der Waals surface area (Å²) in [6, 6.07) is 5.58. The molecule has 0 aliphatic carbocycles. The molecule has 7 heteroatoms. The number of benzene rings is 1. The van der Waals surface area contributed by atoms with Gasteiger partial charge in [0.25, 0.3) is 0 Å². The van der Waals surface area contributed by atoms with E-state index in [-0.39, 0.29) is 30.6 Å². The molecule has 0 amide bonds. The van der Waals surface area contributed by atoms with Gasteiger partial charge in [0.15, 0.2) is 5.79 Å². The third-order valence-electron chi connectivity index (χ3n) is 4.63. The lowest BCUT2D eigenvalue weighted by molar-refractivity contribution is -0.144. The van der Waals surface area contributed by atoms with E-state index in [0.29, 0.717) is 25.0 Å². The van der Waals surface area contributed by atoms with Crippen molar-refractivity contribution in [2.75, 3.05) is 13.7 Å². The predicted octanol–water partition coefficient (Wildman–Crippen LogP) is 4.10. The monoisotopic (exact) mass is 458 g/mol. The summed E-state index contributed by atoms with van der Waals surface area (Å²) in [5.41, 5.74) is 0. The maximum Gasteiger partial charge on any atom is 0.305 e. The van der Waals surface area contributed by atoms with Gasteiger partial charge in [-0.25, -0.2) is 4.39 Å². The van der Waals surface area contributed by atoms with E-state index < -0.39 is 11.9 Å². The van der Waals surface area contributed by atoms with Crippen LogP contribution in [0, 0.1) is 17.7 Å². The number of rotatable bonds is 10. The minimum atomic E-state index is -0.827. The molecule has 2 rings (SSSR count). The molecule has 6 nitrogen and oxygen atoms in total. The normalized spacial score (nSPS) is 20.8. The molecule has 0 unspecified atom stereocenters. The van der Waals surface area contributed by atoms with E-state index in [9.17, 15) is 14.3 Å². The second-order valence-corrected chi connectivity index (χ2v) is 7.83. The zero-order valence-electron chi connectivity index (χ0n) is 19.2. The predicted molar refractivity (Wildman–Crippen MR) is 123 cm³/mol. The van der Waals surface area contributed by atoms with Gasteiger partial charge in [0.1, 0.15) is 30.4 Å². The number of carbonyl (C=O) groups is 1. The minimum absolute atomic E-state index is 0.0446. The topological polar surface area (TPSA) is 74.2 Å². The summed E-state index contributed by atoms with van der Waals surface area (Å²) in [5, 5.41) is 9.87. The fourth-order valence-corrected chi connectivity index (χ4v) is 3.10. The summed E-state index contributed by atoms with van der Waals surface area (Å²) in [6.07, 6.45) is 10.8. The lowest BCUT2D eigenvalue weighted by Crippen LogP contribution is -2.21. The van der Waals surface area contributed by atoms with Gasteiger partial charge < -0.3 is 24.1 Å². The van der Waals surface area contributed by atoms with E-state index in [1.165, 1.54) is 37.5 Å². The molecular weight excluding hydrogens is 427 g/mol. The van der Waals surface area contributed by atoms with Crippen molar-refractivity contribution in [3.8, 4) is 17.6 Å². The Kier molecular flexibility index (Phi) is 10.8. The highest BCUT2D eigenvalue weighted by atomic mass is 19.1. The molecule has 1 fully saturated rings. The smallest absolute Gasteiger partial charge is 0.305 e. The van der Waals surface area contributed by atoms with Crippen molar-refractivity contribution in [1.29, 1.82) is 0 Å². The van der Waals surface area contributed by atoms with Gasteiger partial charge in [0.2, 0.25) is 0 Å². The lowest BCUT2D eigenvalue weighted by Gasteiger charge is -2.16. The molecular formula is C26H31FO6. The Morgan fingerprint density at radius 3 is 2.67 bits per heavy atom. The third kappa shape index (κ3) is 10.5. The van der Waals surface area contributed by atoms with Crippen LogP contribution in [0.1, 0.15) is 33.1 Å². The molecule has 33 heavy (non-hydrogen) atoms. The molecule has 1 N–H and O–H groups in total. The second-order valence-electron chi connectivity index (χ2n) is 7.83. The highest BCUT2D eigenvalue weighted by Crippen LogP contribution is 2.31. The van der Waals surface area contributed by atoms with Gasteiger partial charge in [-0.1, -0.05) is 30.1 Å². The first kappa shape index (κ1) is 26.3. The number of carbonyl (C=O) groups excluding carboxylic acids is 1. The summed E-state index contributed by atoms with van der Waals surface area (Å²) < 4.78 is 34.7. The zero-order valence-corrected chi connectivity index (χ0v) is 19.2. The van der Waals surface area contributed by atoms with E-state index >= 15 is 0 Å². The minimum Gasteiger partial charge on any atom is -0.491 e. The van der Waals surface area contributed by atoms with Crippen LogP contribution in [0.5, 0.6) is 5.75 Å². The summed E-state index contributed by atoms with van der Waals surface area (Å²) >= 11 is 0. The quantitative estimate of drug-likeness (QED) is 0.323. The highest BCUT2D eigenvalue weighted by Gasteiger charge is 2.39. The number of aliphatic hydroxyl groups excluding tert-OH is 1. The standard InChI is InChI=1S/C26H31FO6/c1-26(2)32-23(24(33-26)13-10-14-25(29)30-3)12-9-7-5-4-6-8-11-21(28)19-31-22-17-15-20(27)16-18-22/h5,7-9,11-12,15-18,21,23-24,28H,10,13-14,19H2,1-3H3/b7-5+,11-8+,12-9+/t21-,23+,24-/m0/s1. The number of hydrogen-bond acceptors (Lipinski definition) is 6. The molecule has 1 aromatic carbocycles. The fourth-order valence-electron chi connectivity index (χ4n) is 3.10. The number of halogens is 1. The number of allylic oxidation sites excluding steroid dienone is 4. The van der Waals surface area contributed by atoms with E-state index in [1.807, 2.05) is 26.0 Å². The molecule has 1 aromatic rings. The average Bonchev–Trinajstić information content (AvgIpc) is 3.08. The number of methoxy groups -OCH3 is 1. The van der Waals surface area contributed by atoms with Gasteiger partial charge in [-0.05, 0) is 69.2 Å². The Morgan fingerprint density at radius 1 is 1.21 bits per heavy atom. The van der Waals surface area contributed by atoms with Gasteiger partial charge in [0, 0.05) is 6.42 Å². The Hall–Kier alpha value is -2.92. The third-order valence-corrected chi connectivity index (χ3v) is 4.63. The Labute approximate surface area is 194 Å². The van der Waals surface area contributed by atoms with Crippen molar-refractivity contribution >= 4 is 5.97 Å². The van der Waals surface area contributed by atoms with Crippen LogP contribution in [-0.2, 0) is 19.0 Å². The van der Waals surface area contributed by atoms with E-state index in [0.717, 1.165) is 0 Å². The number of aliphatic hydroxyl groups is 1. The summed E-state index contributed by atoms with van der Waals surface area (Å²) in [5.74, 6) is 4.87. The molecule has 1 saturated heterocycles. The Morgan fingerprint density at radius 2 is 1.94 bits per heavy atom. The summed E-state index contributed by atoms with van der Waals surface area (Å²) in [4.78, 5) is 11.3. The SMILES string of the molecule is COC(=O)CCC[C@@H]1OC(C)(C)O[C@@H]1/C=C/C=C/C#C/C=C/[C@H](O)COc1ccc(F)cc1. The van der Waals surface area contributed by atoms with Crippen molar-refractivity contribution in [1.82, 2.24) is 0 Å². The number of esters is 1. The molecule has 1 aliphatic heterocycles. The first-order chi connectivity index (χ1) is 15.8.